The number of nitrogens with zero attached hydrogens (tertiary/aromatic N) is 3. The van der Waals surface area contributed by atoms with Gasteiger partial charge < -0.3 is 4.74 Å². The van der Waals surface area contributed by atoms with Gasteiger partial charge in [0.1, 0.15) is 5.75 Å². The summed E-state index contributed by atoms with van der Waals surface area (Å²) in [6, 6.07) is 9.30. The molecule has 1 aromatic heterocycles. The van der Waals surface area contributed by atoms with E-state index in [2.05, 4.69) is 15.0 Å². The van der Waals surface area contributed by atoms with Crippen molar-refractivity contribution in [3.63, 3.8) is 0 Å². The molecule has 2 rings (SSSR count). The first-order valence-corrected chi connectivity index (χ1v) is 5.38. The van der Waals surface area contributed by atoms with Crippen molar-refractivity contribution in [2.75, 3.05) is 0 Å². The molecule has 0 amide bonds. The number of halogens is 2. The van der Waals surface area contributed by atoms with Gasteiger partial charge in [0.05, 0.1) is 5.88 Å². The fourth-order valence-electron chi connectivity index (χ4n) is 1.07. The number of hydrogen-bond acceptors (Lipinski definition) is 4. The molecule has 0 bridgehead atoms. The molecule has 0 saturated carbocycles. The number of alkyl halides is 1. The van der Waals surface area contributed by atoms with E-state index in [1.165, 1.54) is 0 Å². The van der Waals surface area contributed by atoms with Gasteiger partial charge in [-0.15, -0.1) is 11.6 Å². The molecule has 0 radical (unpaired) electrons. The quantitative estimate of drug-likeness (QED) is 0.792. The monoisotopic (exact) mass is 255 g/mol. The molecule has 0 unspecified atom stereocenters. The highest BCUT2D eigenvalue weighted by atomic mass is 35.5. The van der Waals surface area contributed by atoms with Crippen molar-refractivity contribution in [3.8, 4) is 11.8 Å². The Balaban J connectivity index is 2.24. The largest absolute Gasteiger partial charge is 0.424 e. The summed E-state index contributed by atoms with van der Waals surface area (Å²) in [6.45, 7) is 0. The summed E-state index contributed by atoms with van der Waals surface area (Å²) in [5.41, 5.74) is 0. The van der Waals surface area contributed by atoms with Gasteiger partial charge in [-0.3, -0.25) is 0 Å². The topological polar surface area (TPSA) is 47.9 Å². The molecule has 0 fully saturated rings. The predicted octanol–water partition coefficient (Wildman–Crippen LogP) is 3.06. The normalized spacial score (nSPS) is 10.1. The van der Waals surface area contributed by atoms with E-state index in [0.29, 0.717) is 11.6 Å². The smallest absolute Gasteiger partial charge is 0.326 e. The SMILES string of the molecule is ClCc1nc(Cl)nc(Oc2ccccc2)n1. The molecule has 2 aromatic rings. The third-order valence-electron chi connectivity index (χ3n) is 1.71. The second kappa shape index (κ2) is 5.09. The van der Waals surface area contributed by atoms with Crippen molar-refractivity contribution in [2.24, 2.45) is 0 Å². The first-order chi connectivity index (χ1) is 7.78. The number of rotatable bonds is 3. The van der Waals surface area contributed by atoms with Gasteiger partial charge >= 0.3 is 6.01 Å². The van der Waals surface area contributed by atoms with Gasteiger partial charge in [0.2, 0.25) is 5.28 Å². The van der Waals surface area contributed by atoms with Crippen LogP contribution in [-0.2, 0) is 5.88 Å². The van der Waals surface area contributed by atoms with Gasteiger partial charge in [0.15, 0.2) is 5.82 Å². The van der Waals surface area contributed by atoms with Crippen molar-refractivity contribution in [2.45, 2.75) is 5.88 Å². The molecule has 0 atom stereocenters. The molecule has 0 spiro atoms. The van der Waals surface area contributed by atoms with Gasteiger partial charge in [-0.05, 0) is 23.7 Å². The molecule has 82 valence electrons. The van der Waals surface area contributed by atoms with Crippen LogP contribution in [-0.4, -0.2) is 15.0 Å². The second-order valence-electron chi connectivity index (χ2n) is 2.85. The predicted molar refractivity (Wildman–Crippen MR) is 60.9 cm³/mol. The van der Waals surface area contributed by atoms with Crippen LogP contribution in [0.5, 0.6) is 11.8 Å². The van der Waals surface area contributed by atoms with Crippen LogP contribution in [0.2, 0.25) is 5.28 Å². The lowest BCUT2D eigenvalue weighted by Crippen LogP contribution is -1.99. The van der Waals surface area contributed by atoms with Gasteiger partial charge in [-0.2, -0.15) is 9.97 Å². The van der Waals surface area contributed by atoms with E-state index in [-0.39, 0.29) is 17.2 Å². The summed E-state index contributed by atoms with van der Waals surface area (Å²) < 4.78 is 5.40. The number of benzene rings is 1. The first kappa shape index (κ1) is 11.1. The van der Waals surface area contributed by atoms with Crippen molar-refractivity contribution in [1.82, 2.24) is 15.0 Å². The van der Waals surface area contributed by atoms with E-state index in [1.54, 1.807) is 12.1 Å². The number of hydrogen-bond donors (Lipinski definition) is 0. The Kier molecular flexibility index (Phi) is 3.54. The average Bonchev–Trinajstić information content (AvgIpc) is 2.29. The van der Waals surface area contributed by atoms with Crippen LogP contribution in [0.1, 0.15) is 5.82 Å². The number of para-hydroxylation sites is 1. The molecule has 1 heterocycles. The molecular weight excluding hydrogens is 249 g/mol. The van der Waals surface area contributed by atoms with Crippen LogP contribution < -0.4 is 4.74 Å². The lowest BCUT2D eigenvalue weighted by Gasteiger charge is -2.04. The van der Waals surface area contributed by atoms with E-state index < -0.39 is 0 Å². The fraction of sp³-hybridized carbons (Fsp3) is 0.100. The van der Waals surface area contributed by atoms with Crippen molar-refractivity contribution in [3.05, 3.63) is 41.4 Å². The van der Waals surface area contributed by atoms with E-state index in [4.69, 9.17) is 27.9 Å². The standard InChI is InChI=1S/C10H7Cl2N3O/c11-6-8-13-9(12)15-10(14-8)16-7-4-2-1-3-5-7/h1-5H,6H2. The van der Waals surface area contributed by atoms with Gasteiger partial charge in [0, 0.05) is 0 Å². The van der Waals surface area contributed by atoms with Crippen molar-refractivity contribution < 1.29 is 4.74 Å². The zero-order valence-electron chi connectivity index (χ0n) is 8.10. The number of aromatic nitrogens is 3. The van der Waals surface area contributed by atoms with Crippen LogP contribution in [0, 0.1) is 0 Å². The zero-order chi connectivity index (χ0) is 11.4. The minimum Gasteiger partial charge on any atom is -0.424 e. The lowest BCUT2D eigenvalue weighted by atomic mass is 10.3. The highest BCUT2D eigenvalue weighted by Crippen LogP contribution is 2.18. The van der Waals surface area contributed by atoms with E-state index >= 15 is 0 Å². The molecule has 0 saturated heterocycles. The minimum atomic E-state index is 0.0663. The van der Waals surface area contributed by atoms with Crippen molar-refractivity contribution in [1.29, 1.82) is 0 Å². The van der Waals surface area contributed by atoms with Crippen LogP contribution in [0.3, 0.4) is 0 Å². The van der Waals surface area contributed by atoms with Gasteiger partial charge in [0.25, 0.3) is 0 Å². The molecule has 4 nitrogen and oxygen atoms in total. The maximum Gasteiger partial charge on any atom is 0.326 e. The summed E-state index contributed by atoms with van der Waals surface area (Å²) >= 11 is 11.3. The maximum atomic E-state index is 5.69. The van der Waals surface area contributed by atoms with Crippen LogP contribution in [0.15, 0.2) is 30.3 Å². The van der Waals surface area contributed by atoms with Crippen LogP contribution in [0.25, 0.3) is 0 Å². The Morgan fingerprint density at radius 1 is 1.06 bits per heavy atom. The Morgan fingerprint density at radius 3 is 2.50 bits per heavy atom. The molecular formula is C10H7Cl2N3O. The number of ether oxygens (including phenoxy) is 1. The summed E-state index contributed by atoms with van der Waals surface area (Å²) in [5.74, 6) is 1.17. The third kappa shape index (κ3) is 2.81. The lowest BCUT2D eigenvalue weighted by molar-refractivity contribution is 0.437. The van der Waals surface area contributed by atoms with Gasteiger partial charge in [-0.1, -0.05) is 18.2 Å². The first-order valence-electron chi connectivity index (χ1n) is 4.47. The van der Waals surface area contributed by atoms with Crippen LogP contribution in [0.4, 0.5) is 0 Å². The Labute approximate surface area is 102 Å². The zero-order valence-corrected chi connectivity index (χ0v) is 9.61. The van der Waals surface area contributed by atoms with E-state index in [9.17, 15) is 0 Å². The summed E-state index contributed by atoms with van der Waals surface area (Å²) in [7, 11) is 0. The van der Waals surface area contributed by atoms with E-state index in [0.717, 1.165) is 0 Å². The Bertz CT molecular complexity index is 479. The highest BCUT2D eigenvalue weighted by Gasteiger charge is 2.05. The molecule has 0 aliphatic rings. The summed E-state index contributed by atoms with van der Waals surface area (Å²) in [6.07, 6.45) is 0. The molecule has 0 aliphatic heterocycles. The molecule has 6 heteroatoms. The Morgan fingerprint density at radius 2 is 1.81 bits per heavy atom. The summed E-state index contributed by atoms with van der Waals surface area (Å²) in [5, 5.41) is 0.0663. The fourth-order valence-corrected chi connectivity index (χ4v) is 1.36. The molecule has 16 heavy (non-hydrogen) atoms. The van der Waals surface area contributed by atoms with Crippen molar-refractivity contribution >= 4 is 23.2 Å². The van der Waals surface area contributed by atoms with E-state index in [1.807, 2.05) is 18.2 Å². The highest BCUT2D eigenvalue weighted by molar-refractivity contribution is 6.28. The minimum absolute atomic E-state index is 0.0663. The average molecular weight is 256 g/mol. The third-order valence-corrected chi connectivity index (χ3v) is 2.11. The Hall–Kier alpha value is -1.39. The molecule has 0 N–H and O–H groups in total. The molecule has 0 aliphatic carbocycles. The van der Waals surface area contributed by atoms with Gasteiger partial charge in [-0.25, -0.2) is 4.98 Å². The maximum absolute atomic E-state index is 5.69. The van der Waals surface area contributed by atoms with Crippen LogP contribution >= 0.6 is 23.2 Å². The summed E-state index contributed by atoms with van der Waals surface area (Å²) in [4.78, 5) is 11.7. The molecule has 1 aromatic carbocycles. The second-order valence-corrected chi connectivity index (χ2v) is 3.46.